The molecule has 0 saturated carbocycles. The second-order valence-corrected chi connectivity index (χ2v) is 7.43. The standard InChI is InChI=1S/C19H24N2O5S/c1-4-6-14-7-10-16(11-8-14)27(23,24)21-20-19(22)15-9-12-17(26-5-2)18(13-15)25-3/h7-13,21H,4-6H2,1-3H3,(H,20,22). The first-order valence-electron chi connectivity index (χ1n) is 8.63. The van der Waals surface area contributed by atoms with Gasteiger partial charge >= 0.3 is 0 Å². The molecule has 0 radical (unpaired) electrons. The van der Waals surface area contributed by atoms with Crippen molar-refractivity contribution in [3.05, 3.63) is 53.6 Å². The quantitative estimate of drug-likeness (QED) is 0.640. The molecule has 2 aromatic rings. The fraction of sp³-hybridized carbons (Fsp3) is 0.316. The molecule has 146 valence electrons. The monoisotopic (exact) mass is 392 g/mol. The molecule has 0 unspecified atom stereocenters. The summed E-state index contributed by atoms with van der Waals surface area (Å²) in [7, 11) is -2.40. The lowest BCUT2D eigenvalue weighted by atomic mass is 10.1. The number of ether oxygens (including phenoxy) is 2. The third kappa shape index (κ3) is 5.45. The average Bonchev–Trinajstić information content (AvgIpc) is 2.67. The normalized spacial score (nSPS) is 11.1. The van der Waals surface area contributed by atoms with Gasteiger partial charge < -0.3 is 9.47 Å². The third-order valence-electron chi connectivity index (χ3n) is 3.80. The number of sulfonamides is 1. The Morgan fingerprint density at radius 3 is 2.33 bits per heavy atom. The highest BCUT2D eigenvalue weighted by Gasteiger charge is 2.17. The van der Waals surface area contributed by atoms with Crippen LogP contribution in [0, 0.1) is 0 Å². The SMILES string of the molecule is CCCc1ccc(S(=O)(=O)NNC(=O)c2ccc(OCC)c(OC)c2)cc1. The zero-order valence-electron chi connectivity index (χ0n) is 15.6. The van der Waals surface area contributed by atoms with Crippen molar-refractivity contribution in [2.75, 3.05) is 13.7 Å². The fourth-order valence-electron chi connectivity index (χ4n) is 2.45. The van der Waals surface area contributed by atoms with Gasteiger partial charge in [0.25, 0.3) is 15.9 Å². The molecule has 2 rings (SSSR count). The lowest BCUT2D eigenvalue weighted by Gasteiger charge is -2.12. The predicted octanol–water partition coefficient (Wildman–Crippen LogP) is 2.67. The van der Waals surface area contributed by atoms with E-state index in [0.29, 0.717) is 18.1 Å². The van der Waals surface area contributed by atoms with Gasteiger partial charge in [0.05, 0.1) is 18.6 Å². The summed E-state index contributed by atoms with van der Waals surface area (Å²) in [5.74, 6) is 0.283. The fourth-order valence-corrected chi connectivity index (χ4v) is 3.29. The number of amides is 1. The van der Waals surface area contributed by atoms with E-state index >= 15 is 0 Å². The molecule has 0 saturated heterocycles. The maximum atomic E-state index is 12.3. The van der Waals surface area contributed by atoms with Crippen molar-refractivity contribution in [3.8, 4) is 11.5 Å². The number of aryl methyl sites for hydroxylation is 1. The van der Waals surface area contributed by atoms with Crippen molar-refractivity contribution in [2.24, 2.45) is 0 Å². The van der Waals surface area contributed by atoms with Crippen molar-refractivity contribution >= 4 is 15.9 Å². The van der Waals surface area contributed by atoms with Crippen molar-refractivity contribution < 1.29 is 22.7 Å². The molecular formula is C19H24N2O5S. The molecule has 7 nitrogen and oxygen atoms in total. The highest BCUT2D eigenvalue weighted by molar-refractivity contribution is 7.89. The minimum Gasteiger partial charge on any atom is -0.493 e. The Morgan fingerprint density at radius 1 is 1.04 bits per heavy atom. The molecule has 0 spiro atoms. The van der Waals surface area contributed by atoms with Crippen LogP contribution < -0.4 is 19.7 Å². The van der Waals surface area contributed by atoms with Crippen molar-refractivity contribution in [1.29, 1.82) is 0 Å². The first kappa shape index (κ1) is 20.7. The Bertz CT molecular complexity index is 879. The molecule has 0 atom stereocenters. The summed E-state index contributed by atoms with van der Waals surface area (Å²) in [6, 6.07) is 11.1. The van der Waals surface area contributed by atoms with Crippen LogP contribution in [0.2, 0.25) is 0 Å². The van der Waals surface area contributed by atoms with Gasteiger partial charge in [0, 0.05) is 5.56 Å². The van der Waals surface area contributed by atoms with E-state index in [9.17, 15) is 13.2 Å². The van der Waals surface area contributed by atoms with E-state index < -0.39 is 15.9 Å². The van der Waals surface area contributed by atoms with E-state index in [4.69, 9.17) is 9.47 Å². The highest BCUT2D eigenvalue weighted by atomic mass is 32.2. The number of carbonyl (C=O) groups is 1. The van der Waals surface area contributed by atoms with Gasteiger partial charge in [-0.2, -0.15) is 0 Å². The van der Waals surface area contributed by atoms with E-state index in [0.717, 1.165) is 18.4 Å². The Kier molecular flexibility index (Phi) is 7.20. The van der Waals surface area contributed by atoms with Gasteiger partial charge in [-0.3, -0.25) is 10.2 Å². The van der Waals surface area contributed by atoms with Crippen molar-refractivity contribution in [3.63, 3.8) is 0 Å². The molecule has 0 aliphatic carbocycles. The molecule has 0 heterocycles. The molecule has 8 heteroatoms. The number of rotatable bonds is 9. The summed E-state index contributed by atoms with van der Waals surface area (Å²) >= 11 is 0. The van der Waals surface area contributed by atoms with E-state index in [1.807, 2.05) is 6.92 Å². The first-order chi connectivity index (χ1) is 12.9. The molecule has 0 aromatic heterocycles. The highest BCUT2D eigenvalue weighted by Crippen LogP contribution is 2.27. The number of nitrogens with one attached hydrogen (secondary N) is 2. The lowest BCUT2D eigenvalue weighted by molar-refractivity contribution is 0.0944. The van der Waals surface area contributed by atoms with Gasteiger partial charge in [0.2, 0.25) is 0 Å². The minimum absolute atomic E-state index is 0.0759. The second kappa shape index (κ2) is 9.38. The van der Waals surface area contributed by atoms with Gasteiger partial charge in [-0.25, -0.2) is 8.42 Å². The minimum atomic E-state index is -3.87. The predicted molar refractivity (Wildman–Crippen MR) is 102 cm³/mol. The van der Waals surface area contributed by atoms with Crippen LogP contribution in [0.5, 0.6) is 11.5 Å². The maximum Gasteiger partial charge on any atom is 0.266 e. The Morgan fingerprint density at radius 2 is 1.74 bits per heavy atom. The molecule has 0 aliphatic rings. The van der Waals surface area contributed by atoms with Crippen LogP contribution in [0.1, 0.15) is 36.2 Å². The smallest absolute Gasteiger partial charge is 0.266 e. The van der Waals surface area contributed by atoms with Crippen LogP contribution in [0.15, 0.2) is 47.4 Å². The van der Waals surface area contributed by atoms with Crippen molar-refractivity contribution in [1.82, 2.24) is 10.3 Å². The molecule has 2 N–H and O–H groups in total. The topological polar surface area (TPSA) is 93.7 Å². The summed E-state index contributed by atoms with van der Waals surface area (Å²) < 4.78 is 35.2. The number of benzene rings is 2. The molecule has 0 bridgehead atoms. The van der Waals surface area contributed by atoms with E-state index in [2.05, 4.69) is 17.2 Å². The van der Waals surface area contributed by atoms with Gasteiger partial charge in [0.1, 0.15) is 0 Å². The van der Waals surface area contributed by atoms with E-state index in [1.54, 1.807) is 18.2 Å². The molecule has 27 heavy (non-hydrogen) atoms. The van der Waals surface area contributed by atoms with Crippen molar-refractivity contribution in [2.45, 2.75) is 31.6 Å². The lowest BCUT2D eigenvalue weighted by Crippen LogP contribution is -2.41. The Hall–Kier alpha value is -2.58. The summed E-state index contributed by atoms with van der Waals surface area (Å²) in [5.41, 5.74) is 3.50. The summed E-state index contributed by atoms with van der Waals surface area (Å²) in [6.07, 6.45) is 1.86. The second-order valence-electron chi connectivity index (χ2n) is 5.75. The Labute approximate surface area is 159 Å². The van der Waals surface area contributed by atoms with Crippen LogP contribution in [0.4, 0.5) is 0 Å². The van der Waals surface area contributed by atoms with Crippen LogP contribution in [-0.4, -0.2) is 28.0 Å². The van der Waals surface area contributed by atoms with Crippen LogP contribution in [0.25, 0.3) is 0 Å². The Balaban J connectivity index is 2.07. The number of methoxy groups -OCH3 is 1. The first-order valence-corrected chi connectivity index (χ1v) is 10.1. The number of hydrazine groups is 1. The van der Waals surface area contributed by atoms with Crippen LogP contribution >= 0.6 is 0 Å². The van der Waals surface area contributed by atoms with E-state index in [1.165, 1.54) is 31.4 Å². The van der Waals surface area contributed by atoms with Crippen LogP contribution in [-0.2, 0) is 16.4 Å². The molecule has 2 aromatic carbocycles. The van der Waals surface area contributed by atoms with Gasteiger partial charge in [0.15, 0.2) is 11.5 Å². The maximum absolute atomic E-state index is 12.3. The zero-order valence-corrected chi connectivity index (χ0v) is 16.4. The molecule has 0 aliphatic heterocycles. The third-order valence-corrected chi connectivity index (χ3v) is 5.06. The van der Waals surface area contributed by atoms with Gasteiger partial charge in [-0.15, -0.1) is 4.83 Å². The van der Waals surface area contributed by atoms with Gasteiger partial charge in [-0.05, 0) is 49.2 Å². The van der Waals surface area contributed by atoms with E-state index in [-0.39, 0.29) is 10.5 Å². The van der Waals surface area contributed by atoms with Crippen LogP contribution in [0.3, 0.4) is 0 Å². The zero-order chi connectivity index (χ0) is 19.9. The number of carbonyl (C=O) groups excluding carboxylic acids is 1. The largest absolute Gasteiger partial charge is 0.493 e. The summed E-state index contributed by atoms with van der Waals surface area (Å²) in [5, 5.41) is 0. The summed E-state index contributed by atoms with van der Waals surface area (Å²) in [4.78, 5) is 14.4. The number of hydrogen-bond acceptors (Lipinski definition) is 5. The number of hydrogen-bond donors (Lipinski definition) is 2. The van der Waals surface area contributed by atoms with Gasteiger partial charge in [-0.1, -0.05) is 25.5 Å². The molecule has 1 amide bonds. The molecular weight excluding hydrogens is 368 g/mol. The molecule has 0 fully saturated rings. The summed E-state index contributed by atoms with van der Waals surface area (Å²) in [6.45, 7) is 4.35. The average molecular weight is 392 g/mol.